The average Bonchev–Trinajstić information content (AvgIpc) is 3.25. The number of thioether (sulfide) groups is 1. The van der Waals surface area contributed by atoms with Crippen molar-refractivity contribution in [2.45, 2.75) is 30.3 Å². The van der Waals surface area contributed by atoms with Gasteiger partial charge in [0.25, 0.3) is 0 Å². The fourth-order valence-corrected chi connectivity index (χ4v) is 4.90. The van der Waals surface area contributed by atoms with Crippen molar-refractivity contribution in [3.8, 4) is 11.4 Å². The highest BCUT2D eigenvalue weighted by molar-refractivity contribution is 8.00. The van der Waals surface area contributed by atoms with Crippen LogP contribution in [-0.4, -0.2) is 26.0 Å². The summed E-state index contributed by atoms with van der Waals surface area (Å²) in [5.41, 5.74) is 7.93. The molecular weight excluding hydrogens is 437 g/mol. The molecule has 1 aliphatic rings. The van der Waals surface area contributed by atoms with E-state index in [4.69, 9.17) is 0 Å². The molecule has 2 atom stereocenters. The molecule has 2 unspecified atom stereocenters. The quantitative estimate of drug-likeness (QED) is 0.444. The fourth-order valence-electron chi connectivity index (χ4n) is 3.82. The molecule has 1 aliphatic heterocycles. The zero-order valence-corrected chi connectivity index (χ0v) is 18.9. The van der Waals surface area contributed by atoms with Gasteiger partial charge in [-0.25, -0.2) is 9.07 Å². The van der Waals surface area contributed by atoms with Crippen molar-refractivity contribution in [2.24, 2.45) is 0 Å². The van der Waals surface area contributed by atoms with Crippen LogP contribution in [0.4, 0.5) is 10.1 Å². The van der Waals surface area contributed by atoms with Crippen molar-refractivity contribution < 1.29 is 9.18 Å². The van der Waals surface area contributed by atoms with Crippen molar-refractivity contribution in [3.63, 3.8) is 0 Å². The topological polar surface area (TPSA) is 71.8 Å². The molecule has 5 rings (SSSR count). The average molecular weight is 460 g/mol. The Morgan fingerprint density at radius 3 is 2.55 bits per heavy atom. The SMILES string of the molecule is Cc1ccc(C)c(NC(=O)C2Sc3nnc(-c4ccccc4)n3NC2c2ccc(F)cc2)c1. The van der Waals surface area contributed by atoms with Crippen LogP contribution < -0.4 is 10.7 Å². The number of nitrogens with one attached hydrogen (secondary N) is 2. The number of benzene rings is 3. The van der Waals surface area contributed by atoms with Crippen LogP contribution in [0.2, 0.25) is 0 Å². The summed E-state index contributed by atoms with van der Waals surface area (Å²) < 4.78 is 15.4. The Bertz CT molecular complexity index is 1310. The number of carbonyl (C=O) groups excluding carboxylic acids is 1. The normalized spacial score (nSPS) is 17.2. The highest BCUT2D eigenvalue weighted by Gasteiger charge is 2.38. The lowest BCUT2D eigenvalue weighted by Crippen LogP contribution is -2.41. The molecule has 3 aromatic carbocycles. The molecular formula is C25H22FN5OS. The van der Waals surface area contributed by atoms with Gasteiger partial charge in [-0.3, -0.25) is 4.79 Å². The Morgan fingerprint density at radius 1 is 1.03 bits per heavy atom. The van der Waals surface area contributed by atoms with Crippen LogP contribution in [0.1, 0.15) is 22.7 Å². The van der Waals surface area contributed by atoms with E-state index in [1.165, 1.54) is 23.9 Å². The third kappa shape index (κ3) is 4.21. The van der Waals surface area contributed by atoms with E-state index >= 15 is 0 Å². The first-order valence-electron chi connectivity index (χ1n) is 10.6. The van der Waals surface area contributed by atoms with Gasteiger partial charge in [0.15, 0.2) is 5.82 Å². The minimum absolute atomic E-state index is 0.161. The Morgan fingerprint density at radius 2 is 1.79 bits per heavy atom. The molecule has 1 aromatic heterocycles. The Balaban J connectivity index is 1.52. The van der Waals surface area contributed by atoms with Crippen molar-refractivity contribution in [3.05, 3.63) is 95.3 Å². The third-order valence-corrected chi connectivity index (χ3v) is 6.82. The predicted octanol–water partition coefficient (Wildman–Crippen LogP) is 5.10. The van der Waals surface area contributed by atoms with E-state index in [0.29, 0.717) is 11.0 Å². The molecule has 0 fully saturated rings. The summed E-state index contributed by atoms with van der Waals surface area (Å²) in [4.78, 5) is 13.5. The highest BCUT2D eigenvalue weighted by Crippen LogP contribution is 2.39. The second-order valence-corrected chi connectivity index (χ2v) is 9.12. The smallest absolute Gasteiger partial charge is 0.240 e. The van der Waals surface area contributed by atoms with E-state index in [-0.39, 0.29) is 11.7 Å². The van der Waals surface area contributed by atoms with E-state index in [1.54, 1.807) is 16.8 Å². The number of anilines is 1. The van der Waals surface area contributed by atoms with Gasteiger partial charge in [-0.1, -0.05) is 66.4 Å². The molecule has 0 saturated carbocycles. The van der Waals surface area contributed by atoms with Gasteiger partial charge in [0.05, 0.1) is 6.04 Å². The first-order chi connectivity index (χ1) is 16.0. The van der Waals surface area contributed by atoms with Crippen LogP contribution >= 0.6 is 11.8 Å². The maximum atomic E-state index is 13.6. The van der Waals surface area contributed by atoms with Gasteiger partial charge in [-0.05, 0) is 48.7 Å². The van der Waals surface area contributed by atoms with Gasteiger partial charge in [0.2, 0.25) is 11.1 Å². The Hall–Kier alpha value is -3.65. The predicted molar refractivity (Wildman–Crippen MR) is 128 cm³/mol. The van der Waals surface area contributed by atoms with E-state index in [0.717, 1.165) is 27.9 Å². The monoisotopic (exact) mass is 459 g/mol. The maximum absolute atomic E-state index is 13.6. The molecule has 0 aliphatic carbocycles. The molecule has 0 radical (unpaired) electrons. The van der Waals surface area contributed by atoms with Crippen molar-refractivity contribution >= 4 is 23.4 Å². The van der Waals surface area contributed by atoms with Gasteiger partial charge in [-0.2, -0.15) is 0 Å². The number of halogens is 1. The summed E-state index contributed by atoms with van der Waals surface area (Å²) in [6.07, 6.45) is 0. The zero-order valence-electron chi connectivity index (χ0n) is 18.1. The summed E-state index contributed by atoms with van der Waals surface area (Å²) in [6.45, 7) is 3.95. The van der Waals surface area contributed by atoms with E-state index in [1.807, 2.05) is 62.4 Å². The van der Waals surface area contributed by atoms with Crippen LogP contribution in [0.5, 0.6) is 0 Å². The number of hydrogen-bond donors (Lipinski definition) is 2. The van der Waals surface area contributed by atoms with Crippen LogP contribution in [0, 0.1) is 19.7 Å². The molecule has 6 nitrogen and oxygen atoms in total. The number of aromatic nitrogens is 3. The number of nitrogens with zero attached hydrogens (tertiary/aromatic N) is 3. The van der Waals surface area contributed by atoms with Crippen LogP contribution in [0.3, 0.4) is 0 Å². The lowest BCUT2D eigenvalue weighted by molar-refractivity contribution is -0.116. The number of aryl methyl sites for hydroxylation is 2. The van der Waals surface area contributed by atoms with Gasteiger partial charge in [-0.15, -0.1) is 10.2 Å². The molecule has 2 N–H and O–H groups in total. The standard InChI is InChI=1S/C25H22FN5OS/c1-15-8-9-16(2)20(14-15)27-24(32)22-21(17-10-12-19(26)13-11-17)30-31-23(28-29-25(31)33-22)18-6-4-3-5-7-18/h3-14,21-22,30H,1-2H3,(H,27,32). The zero-order chi connectivity index (χ0) is 22.9. The highest BCUT2D eigenvalue weighted by atomic mass is 32.2. The molecule has 4 aromatic rings. The number of carbonyl (C=O) groups is 1. The summed E-state index contributed by atoms with van der Waals surface area (Å²) in [6, 6.07) is 21.4. The largest absolute Gasteiger partial charge is 0.325 e. The van der Waals surface area contributed by atoms with Crippen molar-refractivity contribution in [2.75, 3.05) is 10.7 Å². The van der Waals surface area contributed by atoms with Gasteiger partial charge in [0.1, 0.15) is 11.1 Å². The third-order valence-electron chi connectivity index (χ3n) is 5.61. The van der Waals surface area contributed by atoms with Crippen LogP contribution in [0.15, 0.2) is 78.0 Å². The molecule has 8 heteroatoms. The maximum Gasteiger partial charge on any atom is 0.240 e. The van der Waals surface area contributed by atoms with Crippen molar-refractivity contribution in [1.82, 2.24) is 14.9 Å². The number of fused-ring (bicyclic) bond motifs is 1. The number of rotatable bonds is 4. The summed E-state index contributed by atoms with van der Waals surface area (Å²) in [5, 5.41) is 11.8. The Kier molecular flexibility index (Phi) is 5.60. The lowest BCUT2D eigenvalue weighted by atomic mass is 10.0. The number of amides is 1. The molecule has 1 amide bonds. The Labute approximate surface area is 195 Å². The van der Waals surface area contributed by atoms with Gasteiger partial charge in [0, 0.05) is 11.3 Å². The minimum Gasteiger partial charge on any atom is -0.325 e. The minimum atomic E-state index is -0.546. The van der Waals surface area contributed by atoms with Crippen molar-refractivity contribution in [1.29, 1.82) is 0 Å². The second kappa shape index (κ2) is 8.71. The number of hydrogen-bond acceptors (Lipinski definition) is 5. The van der Waals surface area contributed by atoms with Gasteiger partial charge < -0.3 is 10.7 Å². The molecule has 166 valence electrons. The summed E-state index contributed by atoms with van der Waals surface area (Å²) in [7, 11) is 0. The van der Waals surface area contributed by atoms with E-state index in [9.17, 15) is 9.18 Å². The van der Waals surface area contributed by atoms with E-state index < -0.39 is 11.3 Å². The first kappa shape index (κ1) is 21.2. The lowest BCUT2D eigenvalue weighted by Gasteiger charge is -2.33. The second-order valence-electron chi connectivity index (χ2n) is 8.01. The molecule has 33 heavy (non-hydrogen) atoms. The van der Waals surface area contributed by atoms with Crippen LogP contribution in [0.25, 0.3) is 11.4 Å². The van der Waals surface area contributed by atoms with Gasteiger partial charge >= 0.3 is 0 Å². The fraction of sp³-hybridized carbons (Fsp3) is 0.160. The molecule has 0 saturated heterocycles. The molecule has 0 bridgehead atoms. The van der Waals surface area contributed by atoms with E-state index in [2.05, 4.69) is 20.9 Å². The summed E-state index contributed by atoms with van der Waals surface area (Å²) in [5.74, 6) is 0.165. The molecule has 2 heterocycles. The summed E-state index contributed by atoms with van der Waals surface area (Å²) >= 11 is 1.34. The first-order valence-corrected chi connectivity index (χ1v) is 11.5. The van der Waals surface area contributed by atoms with Crippen LogP contribution in [-0.2, 0) is 4.79 Å². The molecule has 0 spiro atoms.